The van der Waals surface area contributed by atoms with E-state index in [4.69, 9.17) is 31.4 Å². The molecule has 17 heteroatoms. The third kappa shape index (κ3) is 6.90. The molecule has 42 heavy (non-hydrogen) atoms. The molecule has 4 fully saturated rings. The van der Waals surface area contributed by atoms with E-state index in [1.165, 1.54) is 0 Å². The van der Waals surface area contributed by atoms with Gasteiger partial charge in [0.05, 0.1) is 37.1 Å². The van der Waals surface area contributed by atoms with E-state index in [-0.39, 0.29) is 25.8 Å². The molecule has 4 aliphatic rings. The van der Waals surface area contributed by atoms with Gasteiger partial charge < -0.3 is 82.9 Å². The maximum atomic E-state index is 12.9. The topological polar surface area (TPSA) is 309 Å². The summed E-state index contributed by atoms with van der Waals surface area (Å²) >= 11 is 0. The summed E-state index contributed by atoms with van der Waals surface area (Å²) in [5.74, 6) is -1.92. The normalized spacial score (nSPS) is 49.5. The zero-order valence-electron chi connectivity index (χ0n) is 23.3. The van der Waals surface area contributed by atoms with E-state index >= 15 is 0 Å². The highest BCUT2D eigenvalue weighted by Crippen LogP contribution is 2.39. The summed E-state index contributed by atoms with van der Waals surface area (Å²) in [7, 11) is 0. The van der Waals surface area contributed by atoms with Crippen LogP contribution in [-0.2, 0) is 19.0 Å². The number of aliphatic hydroxyl groups excluding tert-OH is 7. The number of hydrogen-bond donors (Lipinski definition) is 13. The number of nitrogens with two attached hydrogens (primary N) is 3. The van der Waals surface area contributed by atoms with E-state index in [9.17, 15) is 45.6 Å². The summed E-state index contributed by atoms with van der Waals surface area (Å²) in [5, 5.41) is 90.1. The van der Waals surface area contributed by atoms with Gasteiger partial charge in [-0.1, -0.05) is 0 Å². The van der Waals surface area contributed by atoms with Gasteiger partial charge in [0, 0.05) is 37.4 Å². The van der Waals surface area contributed by atoms with Crippen molar-refractivity contribution in [1.29, 1.82) is 0 Å². The van der Waals surface area contributed by atoms with Crippen LogP contribution in [-0.4, -0.2) is 164 Å². The van der Waals surface area contributed by atoms with Gasteiger partial charge in [-0.05, 0) is 25.9 Å². The SMILES string of the molecule is NCCCNC[C@H]1O[C@H](C2[C@@H](N)C[C@@H](NC(=O)C3(O)CC3N)[C@H](O[C@H]3O[C@H](CO)[C@@H](O)C[C@H]3O)[C@H]2O)[C@H](O)[C@@H](O)[C@@H]1O. The summed E-state index contributed by atoms with van der Waals surface area (Å²) in [6, 6.07) is -2.78. The van der Waals surface area contributed by atoms with E-state index < -0.39 is 109 Å². The second-order valence-corrected chi connectivity index (χ2v) is 11.9. The van der Waals surface area contributed by atoms with Crippen molar-refractivity contribution in [3.8, 4) is 0 Å². The van der Waals surface area contributed by atoms with Crippen LogP contribution >= 0.6 is 0 Å². The average molecular weight is 610 g/mol. The first kappa shape index (κ1) is 33.8. The lowest BCUT2D eigenvalue weighted by Gasteiger charge is -2.51. The van der Waals surface area contributed by atoms with Gasteiger partial charge in [-0.2, -0.15) is 0 Å². The number of aliphatic hydroxyl groups is 8. The molecule has 2 aliphatic heterocycles. The Hall–Kier alpha value is -1.13. The number of ether oxygens (including phenoxy) is 3. The summed E-state index contributed by atoms with van der Waals surface area (Å²) in [6.45, 7) is 0.471. The van der Waals surface area contributed by atoms with Crippen LogP contribution in [0.5, 0.6) is 0 Å². The van der Waals surface area contributed by atoms with Crippen LogP contribution in [0.2, 0.25) is 0 Å². The van der Waals surface area contributed by atoms with Gasteiger partial charge in [-0.15, -0.1) is 0 Å². The predicted molar refractivity (Wildman–Crippen MR) is 142 cm³/mol. The number of hydrogen-bond acceptors (Lipinski definition) is 16. The zero-order chi connectivity index (χ0) is 30.9. The maximum Gasteiger partial charge on any atom is 0.253 e. The van der Waals surface area contributed by atoms with Crippen LogP contribution in [0.4, 0.5) is 0 Å². The van der Waals surface area contributed by atoms with Crippen molar-refractivity contribution in [1.82, 2.24) is 10.6 Å². The molecule has 17 nitrogen and oxygen atoms in total. The Bertz CT molecular complexity index is 910. The van der Waals surface area contributed by atoms with E-state index in [0.717, 1.165) is 0 Å². The maximum absolute atomic E-state index is 12.9. The van der Waals surface area contributed by atoms with Gasteiger partial charge in [0.15, 0.2) is 11.9 Å². The van der Waals surface area contributed by atoms with Crippen LogP contribution in [0, 0.1) is 5.92 Å². The fourth-order valence-corrected chi connectivity index (χ4v) is 6.12. The van der Waals surface area contributed by atoms with Crippen molar-refractivity contribution in [3.63, 3.8) is 0 Å². The first-order chi connectivity index (χ1) is 19.8. The smallest absolute Gasteiger partial charge is 0.253 e. The van der Waals surface area contributed by atoms with Gasteiger partial charge in [-0.25, -0.2) is 0 Å². The lowest BCUT2D eigenvalue weighted by molar-refractivity contribution is -0.306. The monoisotopic (exact) mass is 609 g/mol. The Labute approximate surface area is 242 Å². The van der Waals surface area contributed by atoms with Crippen molar-refractivity contribution < 1.29 is 59.9 Å². The molecule has 244 valence electrons. The largest absolute Gasteiger partial charge is 0.394 e. The standard InChI is InChI=1S/C25H47N5O12/c26-2-1-3-29-7-13-17(34)19(36)20(37)22(40-13)16-9(27)4-10(30-24(38)25(39)6-15(25)28)21(18(16)35)42-23-12(33)5-11(32)14(8-31)41-23/h9-23,29,31-37,39H,1-8,26-28H2,(H,30,38)/t9-,10+,11-,12+,13+,14+,15?,16?,17+,18-,19-,20+,21-,22+,23+,25?/m0/s1. The molecule has 2 aliphatic carbocycles. The molecule has 2 heterocycles. The van der Waals surface area contributed by atoms with Crippen LogP contribution in [0.15, 0.2) is 0 Å². The molecular weight excluding hydrogens is 562 g/mol. The molecular formula is C25H47N5O12. The first-order valence-electron chi connectivity index (χ1n) is 14.4. The predicted octanol–water partition coefficient (Wildman–Crippen LogP) is -7.36. The van der Waals surface area contributed by atoms with Gasteiger partial charge in [0.2, 0.25) is 0 Å². The van der Waals surface area contributed by atoms with Crippen molar-refractivity contribution in [2.45, 2.75) is 117 Å². The van der Waals surface area contributed by atoms with Crippen LogP contribution in [0.25, 0.3) is 0 Å². The number of amides is 1. The minimum Gasteiger partial charge on any atom is -0.394 e. The Morgan fingerprint density at radius 3 is 2.26 bits per heavy atom. The quantitative estimate of drug-likeness (QED) is 0.0967. The molecule has 1 amide bonds. The Balaban J connectivity index is 1.57. The third-order valence-corrected chi connectivity index (χ3v) is 8.88. The summed E-state index contributed by atoms with van der Waals surface area (Å²) in [4.78, 5) is 12.9. The molecule has 0 aromatic heterocycles. The summed E-state index contributed by atoms with van der Waals surface area (Å²) in [6.07, 6.45) is -14.7. The molecule has 2 saturated heterocycles. The number of carbonyl (C=O) groups excluding carboxylic acids is 1. The third-order valence-electron chi connectivity index (χ3n) is 8.88. The summed E-state index contributed by atoms with van der Waals surface area (Å²) < 4.78 is 17.5. The Morgan fingerprint density at radius 1 is 0.952 bits per heavy atom. The minimum atomic E-state index is -1.81. The molecule has 16 N–H and O–H groups in total. The van der Waals surface area contributed by atoms with Crippen molar-refractivity contribution in [2.75, 3.05) is 26.2 Å². The lowest BCUT2D eigenvalue weighted by atomic mass is 9.72. The first-order valence-corrected chi connectivity index (χ1v) is 14.4. The van der Waals surface area contributed by atoms with E-state index in [2.05, 4.69) is 10.6 Å². The Kier molecular flexibility index (Phi) is 11.2. The highest BCUT2D eigenvalue weighted by molar-refractivity contribution is 5.89. The lowest BCUT2D eigenvalue weighted by Crippen LogP contribution is -2.70. The Morgan fingerprint density at radius 2 is 1.64 bits per heavy atom. The van der Waals surface area contributed by atoms with Crippen molar-refractivity contribution >= 4 is 5.91 Å². The van der Waals surface area contributed by atoms with Gasteiger partial charge >= 0.3 is 0 Å². The molecule has 3 unspecified atom stereocenters. The van der Waals surface area contributed by atoms with E-state index in [0.29, 0.717) is 19.5 Å². The highest BCUT2D eigenvalue weighted by atomic mass is 16.7. The fraction of sp³-hybridized carbons (Fsp3) is 0.960. The molecule has 2 saturated carbocycles. The van der Waals surface area contributed by atoms with E-state index in [1.807, 2.05) is 0 Å². The molecule has 16 atom stereocenters. The number of carbonyl (C=O) groups is 1. The minimum absolute atomic E-state index is 0.0256. The fourth-order valence-electron chi connectivity index (χ4n) is 6.12. The van der Waals surface area contributed by atoms with Crippen molar-refractivity contribution in [3.05, 3.63) is 0 Å². The molecule has 0 aromatic carbocycles. The second kappa shape index (κ2) is 13.9. The zero-order valence-corrected chi connectivity index (χ0v) is 23.3. The van der Waals surface area contributed by atoms with Crippen molar-refractivity contribution in [2.24, 2.45) is 23.1 Å². The second-order valence-electron chi connectivity index (χ2n) is 11.9. The molecule has 0 radical (unpaired) electrons. The van der Waals surface area contributed by atoms with Gasteiger partial charge in [0.1, 0.15) is 36.6 Å². The van der Waals surface area contributed by atoms with Crippen LogP contribution in [0.1, 0.15) is 25.7 Å². The average Bonchev–Trinajstić information content (AvgIpc) is 3.57. The highest BCUT2D eigenvalue weighted by Gasteiger charge is 2.60. The molecule has 0 bridgehead atoms. The van der Waals surface area contributed by atoms with Crippen LogP contribution in [0.3, 0.4) is 0 Å². The molecule has 0 spiro atoms. The van der Waals surface area contributed by atoms with E-state index in [1.54, 1.807) is 0 Å². The van der Waals surface area contributed by atoms with Gasteiger partial charge in [0.25, 0.3) is 5.91 Å². The molecule has 0 aromatic rings. The number of rotatable bonds is 11. The van der Waals surface area contributed by atoms with Gasteiger partial charge in [-0.3, -0.25) is 4.79 Å². The molecule has 4 rings (SSSR count). The van der Waals surface area contributed by atoms with Crippen LogP contribution < -0.4 is 27.8 Å². The summed E-state index contributed by atoms with van der Waals surface area (Å²) in [5.41, 5.74) is 15.9. The number of nitrogens with one attached hydrogen (secondary N) is 2.